The van der Waals surface area contributed by atoms with Crippen LogP contribution in [0, 0.1) is 6.92 Å². The molecule has 0 aliphatic carbocycles. The smallest absolute Gasteiger partial charge is 0.251 e. The van der Waals surface area contributed by atoms with Gasteiger partial charge in [-0.05, 0) is 49.2 Å². The summed E-state index contributed by atoms with van der Waals surface area (Å²) in [7, 11) is 0. The van der Waals surface area contributed by atoms with Crippen LogP contribution in [0.4, 0.5) is 5.69 Å². The number of amides is 1. The Labute approximate surface area is 119 Å². The first kappa shape index (κ1) is 14.2. The fraction of sp³-hybridized carbons (Fsp3) is 0.312. The Kier molecular flexibility index (Phi) is 4.82. The van der Waals surface area contributed by atoms with Crippen molar-refractivity contribution in [1.82, 2.24) is 5.32 Å². The highest BCUT2D eigenvalue weighted by atomic mass is 16.3. The van der Waals surface area contributed by atoms with E-state index in [4.69, 9.17) is 4.42 Å². The molecule has 0 unspecified atom stereocenters. The van der Waals surface area contributed by atoms with Gasteiger partial charge in [-0.25, -0.2) is 0 Å². The van der Waals surface area contributed by atoms with Crippen molar-refractivity contribution < 1.29 is 9.21 Å². The van der Waals surface area contributed by atoms with Crippen molar-refractivity contribution in [3.8, 4) is 0 Å². The van der Waals surface area contributed by atoms with E-state index in [0.29, 0.717) is 12.1 Å². The maximum absolute atomic E-state index is 12.0. The molecular weight excluding hydrogens is 252 g/mol. The van der Waals surface area contributed by atoms with Gasteiger partial charge in [-0.2, -0.15) is 0 Å². The van der Waals surface area contributed by atoms with Crippen molar-refractivity contribution in [2.75, 3.05) is 11.9 Å². The maximum Gasteiger partial charge on any atom is 0.251 e. The van der Waals surface area contributed by atoms with Crippen molar-refractivity contribution in [3.05, 3.63) is 53.5 Å². The minimum absolute atomic E-state index is 0.0912. The lowest BCUT2D eigenvalue weighted by molar-refractivity contribution is 0.0948. The van der Waals surface area contributed by atoms with E-state index in [2.05, 4.69) is 17.6 Å². The molecule has 2 rings (SSSR count). The van der Waals surface area contributed by atoms with E-state index < -0.39 is 0 Å². The van der Waals surface area contributed by atoms with Crippen LogP contribution in [0.15, 0.2) is 41.0 Å². The molecule has 0 spiro atoms. The van der Waals surface area contributed by atoms with Crippen molar-refractivity contribution in [3.63, 3.8) is 0 Å². The Morgan fingerprint density at radius 3 is 2.80 bits per heavy atom. The van der Waals surface area contributed by atoms with Crippen molar-refractivity contribution in [2.24, 2.45) is 0 Å². The number of hydrogen-bond acceptors (Lipinski definition) is 3. The van der Waals surface area contributed by atoms with Crippen LogP contribution in [0.25, 0.3) is 0 Å². The number of carbonyl (C=O) groups excluding carboxylic acids is 1. The standard InChI is InChI=1S/C16H20N2O2/c1-3-8-17-15-7-6-13(10-12(15)2)16(19)18-11-14-5-4-9-20-14/h4-7,9-10,17H,3,8,11H2,1-2H3,(H,18,19). The number of hydrogen-bond donors (Lipinski definition) is 2. The number of benzene rings is 1. The summed E-state index contributed by atoms with van der Waals surface area (Å²) in [4.78, 5) is 12.0. The lowest BCUT2D eigenvalue weighted by atomic mass is 10.1. The number of anilines is 1. The van der Waals surface area contributed by atoms with E-state index in [1.54, 1.807) is 12.3 Å². The zero-order valence-electron chi connectivity index (χ0n) is 11.9. The molecule has 0 radical (unpaired) electrons. The van der Waals surface area contributed by atoms with Crippen molar-refractivity contribution >= 4 is 11.6 Å². The number of carbonyl (C=O) groups is 1. The molecule has 0 atom stereocenters. The molecule has 1 heterocycles. The Morgan fingerprint density at radius 1 is 1.30 bits per heavy atom. The third-order valence-corrected chi connectivity index (χ3v) is 3.06. The van der Waals surface area contributed by atoms with E-state index in [-0.39, 0.29) is 5.91 Å². The van der Waals surface area contributed by atoms with Gasteiger partial charge in [-0.1, -0.05) is 6.92 Å². The van der Waals surface area contributed by atoms with Crippen LogP contribution in [-0.2, 0) is 6.54 Å². The summed E-state index contributed by atoms with van der Waals surface area (Å²) in [6.07, 6.45) is 2.67. The number of furan rings is 1. The molecule has 0 fully saturated rings. The third-order valence-electron chi connectivity index (χ3n) is 3.06. The van der Waals surface area contributed by atoms with E-state index >= 15 is 0 Å². The topological polar surface area (TPSA) is 54.3 Å². The largest absolute Gasteiger partial charge is 0.467 e. The highest BCUT2D eigenvalue weighted by molar-refractivity contribution is 5.94. The molecule has 1 aromatic heterocycles. The average molecular weight is 272 g/mol. The first-order valence-corrected chi connectivity index (χ1v) is 6.86. The fourth-order valence-electron chi connectivity index (χ4n) is 1.95. The monoisotopic (exact) mass is 272 g/mol. The second kappa shape index (κ2) is 6.80. The fourth-order valence-corrected chi connectivity index (χ4v) is 1.95. The zero-order chi connectivity index (χ0) is 14.4. The molecule has 0 bridgehead atoms. The lowest BCUT2D eigenvalue weighted by Crippen LogP contribution is -2.22. The Balaban J connectivity index is 1.97. The molecule has 2 N–H and O–H groups in total. The van der Waals surface area contributed by atoms with E-state index in [0.717, 1.165) is 30.0 Å². The van der Waals surface area contributed by atoms with Crippen LogP contribution in [0.1, 0.15) is 35.0 Å². The number of aryl methyl sites for hydroxylation is 1. The first-order chi connectivity index (χ1) is 9.70. The van der Waals surface area contributed by atoms with Crippen molar-refractivity contribution in [2.45, 2.75) is 26.8 Å². The molecule has 0 saturated heterocycles. The average Bonchev–Trinajstić information content (AvgIpc) is 2.96. The molecule has 4 nitrogen and oxygen atoms in total. The number of rotatable bonds is 6. The predicted molar refractivity (Wildman–Crippen MR) is 79.8 cm³/mol. The molecule has 106 valence electrons. The van der Waals surface area contributed by atoms with Crippen LogP contribution < -0.4 is 10.6 Å². The van der Waals surface area contributed by atoms with Gasteiger partial charge in [-0.15, -0.1) is 0 Å². The molecule has 0 aliphatic rings. The van der Waals surface area contributed by atoms with E-state index in [9.17, 15) is 4.79 Å². The number of nitrogens with one attached hydrogen (secondary N) is 2. The molecule has 0 aliphatic heterocycles. The Morgan fingerprint density at radius 2 is 2.15 bits per heavy atom. The summed E-state index contributed by atoms with van der Waals surface area (Å²) in [5.74, 6) is 0.655. The van der Waals surface area contributed by atoms with Gasteiger partial charge >= 0.3 is 0 Å². The summed E-state index contributed by atoms with van der Waals surface area (Å²) in [5, 5.41) is 6.17. The Hall–Kier alpha value is -2.23. The van der Waals surface area contributed by atoms with Gasteiger partial charge in [0.15, 0.2) is 0 Å². The quantitative estimate of drug-likeness (QED) is 0.848. The molecule has 1 amide bonds. The van der Waals surface area contributed by atoms with E-state index in [1.165, 1.54) is 0 Å². The van der Waals surface area contributed by atoms with Gasteiger partial charge in [0, 0.05) is 17.8 Å². The summed E-state index contributed by atoms with van der Waals surface area (Å²) in [6, 6.07) is 9.33. The zero-order valence-corrected chi connectivity index (χ0v) is 11.9. The third kappa shape index (κ3) is 3.63. The van der Waals surface area contributed by atoms with Crippen LogP contribution >= 0.6 is 0 Å². The predicted octanol–water partition coefficient (Wildman–Crippen LogP) is 3.34. The lowest BCUT2D eigenvalue weighted by Gasteiger charge is -2.10. The highest BCUT2D eigenvalue weighted by Crippen LogP contribution is 2.16. The summed E-state index contributed by atoms with van der Waals surface area (Å²) < 4.78 is 5.18. The first-order valence-electron chi connectivity index (χ1n) is 6.86. The van der Waals surface area contributed by atoms with Crippen LogP contribution in [0.2, 0.25) is 0 Å². The van der Waals surface area contributed by atoms with Crippen LogP contribution in [0.5, 0.6) is 0 Å². The molecular formula is C16H20N2O2. The summed E-state index contributed by atoms with van der Waals surface area (Å²) in [6.45, 7) is 5.46. The minimum Gasteiger partial charge on any atom is -0.467 e. The molecule has 2 aromatic rings. The van der Waals surface area contributed by atoms with Gasteiger partial charge in [0.05, 0.1) is 12.8 Å². The second-order valence-electron chi connectivity index (χ2n) is 4.72. The van der Waals surface area contributed by atoms with Crippen LogP contribution in [0.3, 0.4) is 0 Å². The molecule has 1 aromatic carbocycles. The van der Waals surface area contributed by atoms with E-state index in [1.807, 2.05) is 31.2 Å². The maximum atomic E-state index is 12.0. The molecule has 0 saturated carbocycles. The normalized spacial score (nSPS) is 10.3. The second-order valence-corrected chi connectivity index (χ2v) is 4.72. The Bertz CT molecular complexity index is 562. The highest BCUT2D eigenvalue weighted by Gasteiger charge is 2.08. The van der Waals surface area contributed by atoms with Crippen molar-refractivity contribution in [1.29, 1.82) is 0 Å². The van der Waals surface area contributed by atoms with Gasteiger partial charge in [0.1, 0.15) is 5.76 Å². The summed E-state index contributed by atoms with van der Waals surface area (Å²) in [5.41, 5.74) is 2.81. The van der Waals surface area contributed by atoms with Gasteiger partial charge in [0.25, 0.3) is 5.91 Å². The van der Waals surface area contributed by atoms with Crippen LogP contribution in [-0.4, -0.2) is 12.5 Å². The molecule has 4 heteroatoms. The SMILES string of the molecule is CCCNc1ccc(C(=O)NCc2ccco2)cc1C. The van der Waals surface area contributed by atoms with Gasteiger partial charge in [-0.3, -0.25) is 4.79 Å². The van der Waals surface area contributed by atoms with Gasteiger partial charge < -0.3 is 15.1 Å². The minimum atomic E-state index is -0.0912. The van der Waals surface area contributed by atoms with Gasteiger partial charge in [0.2, 0.25) is 0 Å². The summed E-state index contributed by atoms with van der Waals surface area (Å²) >= 11 is 0. The molecule has 20 heavy (non-hydrogen) atoms.